The molecule has 2 aromatic carbocycles. The molecule has 3 rings (SSSR count). The first-order valence-corrected chi connectivity index (χ1v) is 10.4. The maximum atomic E-state index is 13.4. The minimum Gasteiger partial charge on any atom is -0.481 e. The van der Waals surface area contributed by atoms with Crippen LogP contribution in [0.25, 0.3) is 0 Å². The summed E-state index contributed by atoms with van der Waals surface area (Å²) in [6.45, 7) is 0.151. The van der Waals surface area contributed by atoms with Gasteiger partial charge in [-0.3, -0.25) is 4.79 Å². The van der Waals surface area contributed by atoms with Crippen LogP contribution in [-0.2, 0) is 22.2 Å². The Morgan fingerprint density at radius 2 is 1.91 bits per heavy atom. The van der Waals surface area contributed by atoms with Crippen LogP contribution in [0.3, 0.4) is 0 Å². The van der Waals surface area contributed by atoms with Crippen LogP contribution in [0, 0.1) is 0 Å². The molecular formula is C24H24F3N3O3. The third-order valence-corrected chi connectivity index (χ3v) is 5.00. The molecule has 1 heterocycles. The van der Waals surface area contributed by atoms with E-state index in [0.717, 1.165) is 17.7 Å². The molecule has 174 valence electrons. The van der Waals surface area contributed by atoms with Crippen molar-refractivity contribution >= 4 is 11.7 Å². The van der Waals surface area contributed by atoms with Gasteiger partial charge in [-0.2, -0.15) is 13.2 Å². The number of aromatic nitrogens is 2. The van der Waals surface area contributed by atoms with Gasteiger partial charge in [0.05, 0.1) is 17.9 Å². The highest BCUT2D eigenvalue weighted by atomic mass is 19.4. The van der Waals surface area contributed by atoms with Gasteiger partial charge in [-0.25, -0.2) is 4.98 Å². The minimum absolute atomic E-state index is 0.0131. The molecule has 1 aromatic heterocycles. The first kappa shape index (κ1) is 24.0. The summed E-state index contributed by atoms with van der Waals surface area (Å²) in [5.74, 6) is -0.897. The second kappa shape index (κ2) is 11.3. The number of unbranched alkanes of at least 4 members (excludes halogenated alkanes) is 1. The summed E-state index contributed by atoms with van der Waals surface area (Å²) in [6.07, 6.45) is 1.75. The molecule has 0 radical (unpaired) electrons. The van der Waals surface area contributed by atoms with Gasteiger partial charge in [-0.1, -0.05) is 47.6 Å². The molecule has 0 aliphatic heterocycles. The fourth-order valence-electron chi connectivity index (χ4n) is 3.35. The summed E-state index contributed by atoms with van der Waals surface area (Å²) in [7, 11) is 0. The van der Waals surface area contributed by atoms with Crippen molar-refractivity contribution in [2.45, 2.75) is 37.9 Å². The standard InChI is InChI=1S/C24H24F3N3O3/c25-24(26,27)20-10-6-9-19(16-20)23(29-33-14-5-4-11-22(31)32)21(30-13-12-28-17-30)15-18-7-2-1-3-8-18/h1-3,6-10,12-13,16-17,21H,4-5,11,14-15H2,(H,31,32). The molecule has 0 spiro atoms. The van der Waals surface area contributed by atoms with Gasteiger partial charge in [0.15, 0.2) is 0 Å². The normalized spacial score (nSPS) is 13.0. The molecule has 0 amide bonds. The molecule has 0 bridgehead atoms. The highest BCUT2D eigenvalue weighted by Crippen LogP contribution is 2.31. The Morgan fingerprint density at radius 3 is 2.58 bits per heavy atom. The van der Waals surface area contributed by atoms with Crippen molar-refractivity contribution in [2.24, 2.45) is 5.16 Å². The number of hydrogen-bond donors (Lipinski definition) is 1. The van der Waals surface area contributed by atoms with Crippen LogP contribution in [0.5, 0.6) is 0 Å². The van der Waals surface area contributed by atoms with Crippen molar-refractivity contribution in [1.29, 1.82) is 0 Å². The first-order valence-electron chi connectivity index (χ1n) is 10.4. The van der Waals surface area contributed by atoms with E-state index in [-0.39, 0.29) is 18.6 Å². The first-order chi connectivity index (χ1) is 15.8. The molecule has 1 atom stereocenters. The lowest BCUT2D eigenvalue weighted by Gasteiger charge is -2.22. The average molecular weight is 459 g/mol. The van der Waals surface area contributed by atoms with E-state index in [1.807, 2.05) is 30.3 Å². The van der Waals surface area contributed by atoms with Gasteiger partial charge in [0, 0.05) is 24.4 Å². The number of halogens is 3. The van der Waals surface area contributed by atoms with Gasteiger partial charge in [0.2, 0.25) is 0 Å². The minimum atomic E-state index is -4.50. The zero-order valence-electron chi connectivity index (χ0n) is 17.8. The number of benzene rings is 2. The summed E-state index contributed by atoms with van der Waals surface area (Å²) in [4.78, 5) is 20.2. The van der Waals surface area contributed by atoms with E-state index < -0.39 is 23.8 Å². The Kier molecular flexibility index (Phi) is 8.23. The number of hydrogen-bond acceptors (Lipinski definition) is 4. The largest absolute Gasteiger partial charge is 0.481 e. The van der Waals surface area contributed by atoms with Crippen LogP contribution in [0.2, 0.25) is 0 Å². The molecule has 33 heavy (non-hydrogen) atoms. The monoisotopic (exact) mass is 459 g/mol. The predicted molar refractivity (Wildman–Crippen MR) is 117 cm³/mol. The van der Waals surface area contributed by atoms with Gasteiger partial charge in [-0.05, 0) is 37.0 Å². The van der Waals surface area contributed by atoms with Crippen LogP contribution in [0.15, 0.2) is 78.5 Å². The zero-order valence-corrected chi connectivity index (χ0v) is 17.8. The maximum absolute atomic E-state index is 13.4. The van der Waals surface area contributed by atoms with Gasteiger partial charge >= 0.3 is 12.1 Å². The fourth-order valence-corrected chi connectivity index (χ4v) is 3.35. The summed E-state index contributed by atoms with van der Waals surface area (Å²) in [5.41, 5.74) is 0.793. The highest BCUT2D eigenvalue weighted by molar-refractivity contribution is 6.03. The van der Waals surface area contributed by atoms with Crippen molar-refractivity contribution in [3.8, 4) is 0 Å². The molecular weight excluding hydrogens is 435 g/mol. The lowest BCUT2D eigenvalue weighted by molar-refractivity contribution is -0.138. The predicted octanol–water partition coefficient (Wildman–Crippen LogP) is 5.36. The number of nitrogens with zero attached hydrogens (tertiary/aromatic N) is 3. The number of rotatable bonds is 11. The van der Waals surface area contributed by atoms with Gasteiger partial charge in [-0.15, -0.1) is 0 Å². The van der Waals surface area contributed by atoms with Crippen LogP contribution in [-0.4, -0.2) is 32.9 Å². The second-order valence-electron chi connectivity index (χ2n) is 7.45. The zero-order chi connectivity index (χ0) is 23.7. The number of carboxylic acid groups (broad SMARTS) is 1. The summed E-state index contributed by atoms with van der Waals surface area (Å²) >= 11 is 0. The topological polar surface area (TPSA) is 76.7 Å². The van der Waals surface area contributed by atoms with E-state index in [1.165, 1.54) is 6.07 Å². The fraction of sp³-hybridized carbons (Fsp3) is 0.292. The molecule has 0 saturated carbocycles. The van der Waals surface area contributed by atoms with Crippen LogP contribution in [0.4, 0.5) is 13.2 Å². The number of aliphatic carboxylic acids is 1. The van der Waals surface area contributed by atoms with Crippen molar-refractivity contribution in [3.63, 3.8) is 0 Å². The number of carbonyl (C=O) groups is 1. The van der Waals surface area contributed by atoms with E-state index in [2.05, 4.69) is 10.1 Å². The second-order valence-corrected chi connectivity index (χ2v) is 7.45. The van der Waals surface area contributed by atoms with Crippen molar-refractivity contribution < 1.29 is 27.9 Å². The Labute approximate surface area is 189 Å². The SMILES string of the molecule is O=C(O)CCCCON=C(c1cccc(C(F)(F)F)c1)C(Cc1ccccc1)n1ccnc1. The van der Waals surface area contributed by atoms with E-state index >= 15 is 0 Å². The molecule has 1 unspecified atom stereocenters. The van der Waals surface area contributed by atoms with Gasteiger partial charge < -0.3 is 14.5 Å². The molecule has 3 aromatic rings. The van der Waals surface area contributed by atoms with E-state index in [0.29, 0.717) is 25.0 Å². The van der Waals surface area contributed by atoms with E-state index in [1.54, 1.807) is 29.4 Å². The van der Waals surface area contributed by atoms with Gasteiger partial charge in [0.25, 0.3) is 0 Å². The van der Waals surface area contributed by atoms with Gasteiger partial charge in [0.1, 0.15) is 12.3 Å². The molecule has 0 aliphatic rings. The smallest absolute Gasteiger partial charge is 0.416 e. The molecule has 9 heteroatoms. The Balaban J connectivity index is 1.94. The Bertz CT molecular complexity index is 1050. The summed E-state index contributed by atoms with van der Waals surface area (Å²) < 4.78 is 41.9. The molecule has 6 nitrogen and oxygen atoms in total. The summed E-state index contributed by atoms with van der Waals surface area (Å²) in [6, 6.07) is 14.0. The summed E-state index contributed by atoms with van der Waals surface area (Å²) in [5, 5.41) is 13.0. The number of imidazole rings is 1. The molecule has 1 N–H and O–H groups in total. The van der Waals surface area contributed by atoms with Crippen molar-refractivity contribution in [2.75, 3.05) is 6.61 Å². The molecule has 0 saturated heterocycles. The van der Waals surface area contributed by atoms with E-state index in [4.69, 9.17) is 9.94 Å². The quantitative estimate of drug-likeness (QED) is 0.238. The van der Waals surface area contributed by atoms with E-state index in [9.17, 15) is 18.0 Å². The number of carboxylic acids is 1. The van der Waals surface area contributed by atoms with Crippen LogP contribution >= 0.6 is 0 Å². The lowest BCUT2D eigenvalue weighted by atomic mass is 9.95. The average Bonchev–Trinajstić information content (AvgIpc) is 3.32. The molecule has 0 fully saturated rings. The number of alkyl halides is 3. The highest BCUT2D eigenvalue weighted by Gasteiger charge is 2.31. The maximum Gasteiger partial charge on any atom is 0.416 e. The third kappa shape index (κ3) is 7.20. The third-order valence-electron chi connectivity index (χ3n) is 5.00. The molecule has 0 aliphatic carbocycles. The van der Waals surface area contributed by atoms with Crippen LogP contribution in [0.1, 0.15) is 42.0 Å². The van der Waals surface area contributed by atoms with Crippen LogP contribution < -0.4 is 0 Å². The number of oxime groups is 1. The lowest BCUT2D eigenvalue weighted by Crippen LogP contribution is -2.23. The van der Waals surface area contributed by atoms with Crippen molar-refractivity contribution in [3.05, 3.63) is 90.0 Å². The Morgan fingerprint density at radius 1 is 1.12 bits per heavy atom. The van der Waals surface area contributed by atoms with Crippen molar-refractivity contribution in [1.82, 2.24) is 9.55 Å². The Hall–Kier alpha value is -3.62.